The fraction of sp³-hybridized carbons (Fsp3) is 0.842. The first-order chi connectivity index (χ1) is 10.8. The molecular weight excluding hydrogens is 347 g/mol. The van der Waals surface area contributed by atoms with Crippen LogP contribution in [-0.4, -0.2) is 11.0 Å². The van der Waals surface area contributed by atoms with Gasteiger partial charge in [0.15, 0.2) is 0 Å². The van der Waals surface area contributed by atoms with Gasteiger partial charge in [-0.05, 0) is 32.1 Å². The van der Waals surface area contributed by atoms with Crippen molar-refractivity contribution in [1.29, 1.82) is 0 Å². The molecule has 0 aromatic heterocycles. The maximum absolute atomic E-state index is 5.10. The second-order valence-electron chi connectivity index (χ2n) is 6.04. The monoisotopic (exact) mass is 382 g/mol. The Labute approximate surface area is 198 Å². The minimum Gasteiger partial charge on any atom is -0.514 e. The maximum Gasteiger partial charge on any atom is 1.00 e. The van der Waals surface area contributed by atoms with Gasteiger partial charge in [0.05, 0.1) is 6.61 Å². The molecule has 0 rings (SSSR count). The Morgan fingerprint density at radius 2 is 1.22 bits per heavy atom. The van der Waals surface area contributed by atoms with E-state index in [2.05, 4.69) is 19.1 Å². The van der Waals surface area contributed by atoms with E-state index in [1.54, 1.807) is 0 Å². The van der Waals surface area contributed by atoms with Crippen LogP contribution in [-0.2, 0) is 17.4 Å². The summed E-state index contributed by atoms with van der Waals surface area (Å²) in [6, 6.07) is 0. The van der Waals surface area contributed by atoms with E-state index in [-0.39, 0.29) is 55.8 Å². The molecule has 4 heteroatoms. The Hall–Kier alpha value is 1.49. The number of ether oxygens (including phenoxy) is 1. The summed E-state index contributed by atoms with van der Waals surface area (Å²) in [7, 11) is 0. The smallest absolute Gasteiger partial charge is 0.514 e. The van der Waals surface area contributed by atoms with Crippen molar-refractivity contribution < 1.29 is 56.1 Å². The second kappa shape index (κ2) is 23.5. The molecule has 23 heavy (non-hydrogen) atoms. The molecule has 0 aliphatic rings. The van der Waals surface area contributed by atoms with Crippen molar-refractivity contribution in [3.63, 3.8) is 0 Å². The van der Waals surface area contributed by atoms with Crippen LogP contribution in [0.2, 0.25) is 0 Å². The third-order valence-corrected chi connectivity index (χ3v) is 4.11. The van der Waals surface area contributed by atoms with Crippen LogP contribution in [0.15, 0.2) is 12.2 Å². The van der Waals surface area contributed by atoms with E-state index in [0.717, 1.165) is 6.42 Å². The number of rotatable bonds is 16. The number of hydrogen-bond acceptors (Lipinski definition) is 3. The zero-order chi connectivity index (χ0) is 16.3. The van der Waals surface area contributed by atoms with Gasteiger partial charge in [0.1, 0.15) is 0 Å². The Balaban J connectivity index is 0. The Morgan fingerprint density at radius 3 is 1.70 bits per heavy atom. The predicted molar refractivity (Wildman–Crippen MR) is 105 cm³/mol. The van der Waals surface area contributed by atoms with Gasteiger partial charge in [-0.15, -0.1) is 0 Å². The van der Waals surface area contributed by atoms with Crippen molar-refractivity contribution in [2.24, 2.45) is 0 Å². The molecule has 0 saturated carbocycles. The molecule has 1 nitrogen and oxygen atoms in total. The summed E-state index contributed by atoms with van der Waals surface area (Å²) in [6.45, 7) is 2.97. The van der Waals surface area contributed by atoms with Crippen molar-refractivity contribution in [2.45, 2.75) is 96.8 Å². The van der Waals surface area contributed by atoms with E-state index in [1.807, 2.05) is 0 Å². The standard InChI is InChI=1S/C19H36OS2.K/c1-2-3-4-5-6-7-8-9-10-11-12-13-14-15-16-17-18-20-19(21)22;/h9-10H,2-8,11-18H2,1H3,(H,21,22);/q;+1/p-1/b10-9-;. The van der Waals surface area contributed by atoms with Crippen molar-refractivity contribution in [1.82, 2.24) is 0 Å². The second-order valence-corrected chi connectivity index (χ2v) is 7.04. The van der Waals surface area contributed by atoms with Crippen LogP contribution in [0.4, 0.5) is 0 Å². The topological polar surface area (TPSA) is 9.23 Å². The van der Waals surface area contributed by atoms with Gasteiger partial charge >= 0.3 is 51.4 Å². The molecule has 0 saturated heterocycles. The van der Waals surface area contributed by atoms with Gasteiger partial charge in [-0.1, -0.05) is 76.9 Å². The molecule has 0 radical (unpaired) electrons. The fourth-order valence-electron chi connectivity index (χ4n) is 2.51. The van der Waals surface area contributed by atoms with E-state index in [0.29, 0.717) is 6.61 Å². The zero-order valence-corrected chi connectivity index (χ0v) is 20.2. The summed E-state index contributed by atoms with van der Waals surface area (Å²) in [4.78, 5) is 0. The molecule has 0 unspecified atom stereocenters. The van der Waals surface area contributed by atoms with Gasteiger partial charge in [-0.25, -0.2) is 0 Å². The molecule has 0 fully saturated rings. The Morgan fingerprint density at radius 1 is 0.783 bits per heavy atom. The van der Waals surface area contributed by atoms with Crippen LogP contribution in [0.5, 0.6) is 0 Å². The van der Waals surface area contributed by atoms with Crippen LogP contribution in [0, 0.1) is 0 Å². The minimum absolute atomic E-state index is 0. The van der Waals surface area contributed by atoms with E-state index in [4.69, 9.17) is 29.6 Å². The third-order valence-electron chi connectivity index (χ3n) is 3.88. The fourth-order valence-corrected chi connectivity index (χ4v) is 2.67. The molecule has 0 spiro atoms. The number of thiocarbonyl (C=S) groups is 1. The summed E-state index contributed by atoms with van der Waals surface area (Å²) < 4.78 is 5.36. The molecule has 0 aromatic carbocycles. The predicted octanol–water partition coefficient (Wildman–Crippen LogP) is 3.88. The summed E-state index contributed by atoms with van der Waals surface area (Å²) in [6.07, 6.45) is 23.3. The van der Waals surface area contributed by atoms with E-state index in [9.17, 15) is 0 Å². The molecule has 0 heterocycles. The molecule has 0 aromatic rings. The van der Waals surface area contributed by atoms with Gasteiger partial charge in [0.2, 0.25) is 0 Å². The minimum atomic E-state index is 0. The van der Waals surface area contributed by atoms with Crippen LogP contribution in [0.25, 0.3) is 0 Å². The average molecular weight is 383 g/mol. The van der Waals surface area contributed by atoms with Gasteiger partial charge in [-0.3, -0.25) is 0 Å². The number of hydrogen-bond donors (Lipinski definition) is 0. The molecule has 0 bridgehead atoms. The zero-order valence-electron chi connectivity index (χ0n) is 15.5. The van der Waals surface area contributed by atoms with Gasteiger partial charge < -0.3 is 29.6 Å². The summed E-state index contributed by atoms with van der Waals surface area (Å²) in [5.74, 6) is 0. The number of unbranched alkanes of at least 4 members (excludes halogenated alkanes) is 12. The largest absolute Gasteiger partial charge is 1.00 e. The van der Waals surface area contributed by atoms with Gasteiger partial charge in [0.25, 0.3) is 0 Å². The van der Waals surface area contributed by atoms with Gasteiger partial charge in [-0.2, -0.15) is 0 Å². The number of allylic oxidation sites excluding steroid dienone is 2. The Bertz CT molecular complexity index is 270. The first kappa shape index (κ1) is 26.7. The third kappa shape index (κ3) is 25.8. The van der Waals surface area contributed by atoms with Crippen LogP contribution in [0.3, 0.4) is 0 Å². The molecule has 0 N–H and O–H groups in total. The molecule has 0 atom stereocenters. The maximum atomic E-state index is 5.10. The summed E-state index contributed by atoms with van der Waals surface area (Å²) in [5.41, 5.74) is 0. The SMILES string of the molecule is CCCCCCCC/C=C\CCCCCCCCOC(=S)[S-].[K+]. The molecule has 0 aliphatic carbocycles. The summed E-state index contributed by atoms with van der Waals surface area (Å²) in [5, 5.41) is 0. The van der Waals surface area contributed by atoms with Crippen LogP contribution in [0.1, 0.15) is 96.8 Å². The summed E-state index contributed by atoms with van der Waals surface area (Å²) >= 11 is 9.38. The van der Waals surface area contributed by atoms with Crippen molar-refractivity contribution in [3.05, 3.63) is 12.2 Å². The van der Waals surface area contributed by atoms with Crippen LogP contribution < -0.4 is 51.4 Å². The first-order valence-electron chi connectivity index (χ1n) is 9.26. The van der Waals surface area contributed by atoms with E-state index < -0.39 is 0 Å². The van der Waals surface area contributed by atoms with Crippen molar-refractivity contribution in [2.75, 3.05) is 6.61 Å². The van der Waals surface area contributed by atoms with Gasteiger partial charge in [0, 0.05) is 4.38 Å². The first-order valence-corrected chi connectivity index (χ1v) is 10.1. The van der Waals surface area contributed by atoms with Crippen LogP contribution >= 0.6 is 12.2 Å². The quantitative estimate of drug-likeness (QED) is 0.132. The normalized spacial score (nSPS) is 10.7. The molecular formula is C19H35KOS2. The average Bonchev–Trinajstić information content (AvgIpc) is 2.50. The van der Waals surface area contributed by atoms with E-state index >= 15 is 0 Å². The Kier molecular flexibility index (Phi) is 27.3. The van der Waals surface area contributed by atoms with Crippen molar-refractivity contribution in [3.8, 4) is 0 Å². The molecule has 0 amide bonds. The van der Waals surface area contributed by atoms with E-state index in [1.165, 1.54) is 83.5 Å². The molecule has 0 aliphatic heterocycles. The molecule has 130 valence electrons. The van der Waals surface area contributed by atoms with Crippen molar-refractivity contribution >= 4 is 29.2 Å².